The minimum Gasteiger partial charge on any atom is -0.482 e. The summed E-state index contributed by atoms with van der Waals surface area (Å²) in [6.45, 7) is 3.52. The standard InChI is InChI=1S/C17H24N2O4/c1-2-22-17(21)13-7-8-14(18)15(11-13)23-12-16(20)19-9-5-3-4-6-10-19/h7-8,11H,2-6,9-10,12,18H2,1H3. The van der Waals surface area contributed by atoms with Crippen LogP contribution in [0.1, 0.15) is 43.0 Å². The molecule has 6 nitrogen and oxygen atoms in total. The smallest absolute Gasteiger partial charge is 0.338 e. The van der Waals surface area contributed by atoms with Crippen LogP contribution >= 0.6 is 0 Å². The lowest BCUT2D eigenvalue weighted by atomic mass is 10.2. The second-order valence-corrected chi connectivity index (χ2v) is 5.56. The molecular formula is C17H24N2O4. The summed E-state index contributed by atoms with van der Waals surface area (Å²) in [7, 11) is 0. The summed E-state index contributed by atoms with van der Waals surface area (Å²) in [5.41, 5.74) is 6.60. The predicted octanol–water partition coefficient (Wildman–Crippen LogP) is 2.23. The van der Waals surface area contributed by atoms with Gasteiger partial charge in [0, 0.05) is 13.1 Å². The highest BCUT2D eigenvalue weighted by Crippen LogP contribution is 2.23. The Hall–Kier alpha value is -2.24. The van der Waals surface area contributed by atoms with Gasteiger partial charge in [-0.1, -0.05) is 12.8 Å². The Morgan fingerprint density at radius 1 is 1.17 bits per heavy atom. The molecule has 126 valence electrons. The van der Waals surface area contributed by atoms with E-state index in [2.05, 4.69) is 0 Å². The fourth-order valence-electron chi connectivity index (χ4n) is 2.55. The number of nitrogen functional groups attached to an aromatic ring is 1. The maximum absolute atomic E-state index is 12.2. The predicted molar refractivity (Wildman–Crippen MR) is 87.4 cm³/mol. The van der Waals surface area contributed by atoms with Gasteiger partial charge in [-0.05, 0) is 38.0 Å². The number of nitrogens with zero attached hydrogens (tertiary/aromatic N) is 1. The Labute approximate surface area is 136 Å². The van der Waals surface area contributed by atoms with Crippen LogP contribution in [0.3, 0.4) is 0 Å². The fraction of sp³-hybridized carbons (Fsp3) is 0.529. The molecule has 6 heteroatoms. The number of nitrogens with two attached hydrogens (primary N) is 1. The SMILES string of the molecule is CCOC(=O)c1ccc(N)c(OCC(=O)N2CCCCCC2)c1. The summed E-state index contributed by atoms with van der Waals surface area (Å²) in [4.78, 5) is 25.8. The molecule has 1 saturated heterocycles. The van der Waals surface area contributed by atoms with Crippen molar-refractivity contribution in [3.8, 4) is 5.75 Å². The average Bonchev–Trinajstić information content (AvgIpc) is 2.83. The van der Waals surface area contributed by atoms with Crippen molar-refractivity contribution in [2.24, 2.45) is 0 Å². The van der Waals surface area contributed by atoms with E-state index in [0.29, 0.717) is 23.6 Å². The molecule has 23 heavy (non-hydrogen) atoms. The van der Waals surface area contributed by atoms with Crippen LogP contribution in [-0.2, 0) is 9.53 Å². The highest BCUT2D eigenvalue weighted by molar-refractivity contribution is 5.90. The van der Waals surface area contributed by atoms with Crippen LogP contribution < -0.4 is 10.5 Å². The number of esters is 1. The quantitative estimate of drug-likeness (QED) is 0.664. The third-order valence-corrected chi connectivity index (χ3v) is 3.83. The first kappa shape index (κ1) is 17.1. The summed E-state index contributed by atoms with van der Waals surface area (Å²) in [6.07, 6.45) is 4.40. The number of carbonyl (C=O) groups is 2. The molecule has 1 aliphatic rings. The van der Waals surface area contributed by atoms with Gasteiger partial charge in [-0.2, -0.15) is 0 Å². The highest BCUT2D eigenvalue weighted by atomic mass is 16.5. The molecule has 1 heterocycles. The van der Waals surface area contributed by atoms with Gasteiger partial charge in [0.25, 0.3) is 5.91 Å². The number of carbonyl (C=O) groups excluding carboxylic acids is 2. The van der Waals surface area contributed by atoms with Crippen molar-refractivity contribution in [3.63, 3.8) is 0 Å². The van der Waals surface area contributed by atoms with E-state index in [0.717, 1.165) is 25.9 Å². The van der Waals surface area contributed by atoms with Crippen molar-refractivity contribution in [2.45, 2.75) is 32.6 Å². The van der Waals surface area contributed by atoms with E-state index in [1.54, 1.807) is 19.1 Å². The van der Waals surface area contributed by atoms with Crippen molar-refractivity contribution < 1.29 is 19.1 Å². The molecule has 1 fully saturated rings. The normalized spacial score (nSPS) is 14.9. The van der Waals surface area contributed by atoms with E-state index in [9.17, 15) is 9.59 Å². The zero-order valence-corrected chi connectivity index (χ0v) is 13.5. The highest BCUT2D eigenvalue weighted by Gasteiger charge is 2.17. The first-order chi connectivity index (χ1) is 11.1. The molecular weight excluding hydrogens is 296 g/mol. The van der Waals surface area contributed by atoms with Gasteiger partial charge in [0.1, 0.15) is 5.75 Å². The van der Waals surface area contributed by atoms with Crippen molar-refractivity contribution in [1.29, 1.82) is 0 Å². The van der Waals surface area contributed by atoms with Crippen LogP contribution in [0.25, 0.3) is 0 Å². The van der Waals surface area contributed by atoms with Gasteiger partial charge < -0.3 is 20.1 Å². The van der Waals surface area contributed by atoms with Crippen molar-refractivity contribution >= 4 is 17.6 Å². The molecule has 2 N–H and O–H groups in total. The average molecular weight is 320 g/mol. The lowest BCUT2D eigenvalue weighted by Gasteiger charge is -2.20. The summed E-state index contributed by atoms with van der Waals surface area (Å²) in [6, 6.07) is 4.68. The molecule has 0 saturated carbocycles. The van der Waals surface area contributed by atoms with Gasteiger partial charge >= 0.3 is 5.97 Å². The van der Waals surface area contributed by atoms with Crippen LogP contribution in [0, 0.1) is 0 Å². The minimum absolute atomic E-state index is 0.0483. The molecule has 2 rings (SSSR count). The van der Waals surface area contributed by atoms with Gasteiger partial charge in [0.2, 0.25) is 0 Å². The van der Waals surface area contributed by atoms with Crippen LogP contribution in [0.4, 0.5) is 5.69 Å². The summed E-state index contributed by atoms with van der Waals surface area (Å²) < 4.78 is 10.5. The number of rotatable bonds is 5. The fourth-order valence-corrected chi connectivity index (χ4v) is 2.55. The number of benzene rings is 1. The number of anilines is 1. The van der Waals surface area contributed by atoms with E-state index in [-0.39, 0.29) is 12.5 Å². The van der Waals surface area contributed by atoms with Crippen LogP contribution in [-0.4, -0.2) is 43.1 Å². The molecule has 1 aromatic rings. The van der Waals surface area contributed by atoms with Crippen molar-refractivity contribution in [2.75, 3.05) is 32.0 Å². The molecule has 0 spiro atoms. The molecule has 0 unspecified atom stereocenters. The molecule has 1 aromatic carbocycles. The third kappa shape index (κ3) is 4.87. The molecule has 0 aliphatic carbocycles. The third-order valence-electron chi connectivity index (χ3n) is 3.83. The van der Waals surface area contributed by atoms with Crippen LogP contribution in [0.2, 0.25) is 0 Å². The first-order valence-electron chi connectivity index (χ1n) is 8.09. The van der Waals surface area contributed by atoms with Crippen molar-refractivity contribution in [3.05, 3.63) is 23.8 Å². The number of ether oxygens (including phenoxy) is 2. The van der Waals surface area contributed by atoms with Crippen LogP contribution in [0.15, 0.2) is 18.2 Å². The van der Waals surface area contributed by atoms with Gasteiger partial charge in [-0.15, -0.1) is 0 Å². The maximum Gasteiger partial charge on any atom is 0.338 e. The number of amides is 1. The lowest BCUT2D eigenvalue weighted by Crippen LogP contribution is -2.35. The zero-order valence-electron chi connectivity index (χ0n) is 13.5. The summed E-state index contributed by atoms with van der Waals surface area (Å²) in [5, 5.41) is 0. The molecule has 1 amide bonds. The van der Waals surface area contributed by atoms with Gasteiger partial charge in [-0.3, -0.25) is 4.79 Å². The van der Waals surface area contributed by atoms with E-state index in [4.69, 9.17) is 15.2 Å². The molecule has 0 bridgehead atoms. The van der Waals surface area contributed by atoms with Crippen LogP contribution in [0.5, 0.6) is 5.75 Å². The number of likely N-dealkylation sites (tertiary alicyclic amines) is 1. The largest absolute Gasteiger partial charge is 0.482 e. The molecule has 1 aliphatic heterocycles. The second kappa shape index (κ2) is 8.41. The maximum atomic E-state index is 12.2. The Morgan fingerprint density at radius 3 is 2.52 bits per heavy atom. The van der Waals surface area contributed by atoms with Gasteiger partial charge in [0.05, 0.1) is 17.9 Å². The van der Waals surface area contributed by atoms with E-state index in [1.165, 1.54) is 18.9 Å². The van der Waals surface area contributed by atoms with E-state index in [1.807, 2.05) is 4.90 Å². The first-order valence-corrected chi connectivity index (χ1v) is 8.09. The number of hydrogen-bond donors (Lipinski definition) is 1. The zero-order chi connectivity index (χ0) is 16.7. The van der Waals surface area contributed by atoms with E-state index >= 15 is 0 Å². The van der Waals surface area contributed by atoms with Crippen molar-refractivity contribution in [1.82, 2.24) is 4.90 Å². The Bertz CT molecular complexity index is 552. The minimum atomic E-state index is -0.434. The Kier molecular flexibility index (Phi) is 6.26. The van der Waals surface area contributed by atoms with Gasteiger partial charge in [0.15, 0.2) is 6.61 Å². The Morgan fingerprint density at radius 2 is 1.87 bits per heavy atom. The Balaban J connectivity index is 1.97. The van der Waals surface area contributed by atoms with E-state index < -0.39 is 5.97 Å². The molecule has 0 aromatic heterocycles. The molecule has 0 atom stereocenters. The summed E-state index contributed by atoms with van der Waals surface area (Å²) >= 11 is 0. The topological polar surface area (TPSA) is 81.9 Å². The monoisotopic (exact) mass is 320 g/mol. The second-order valence-electron chi connectivity index (χ2n) is 5.56. The number of hydrogen-bond acceptors (Lipinski definition) is 5. The molecule has 0 radical (unpaired) electrons. The summed E-state index contributed by atoms with van der Waals surface area (Å²) in [5.74, 6) is -0.150. The lowest BCUT2D eigenvalue weighted by molar-refractivity contribution is -0.133. The van der Waals surface area contributed by atoms with Gasteiger partial charge in [-0.25, -0.2) is 4.79 Å².